The van der Waals surface area contributed by atoms with Crippen molar-refractivity contribution in [3.05, 3.63) is 71.4 Å². The summed E-state index contributed by atoms with van der Waals surface area (Å²) in [6.45, 7) is 1.02. The van der Waals surface area contributed by atoms with Gasteiger partial charge in [0.1, 0.15) is 19.0 Å². The van der Waals surface area contributed by atoms with Crippen LogP contribution in [0.4, 0.5) is 17.2 Å². The van der Waals surface area contributed by atoms with Crippen LogP contribution in [0.3, 0.4) is 0 Å². The first-order chi connectivity index (χ1) is 13.2. The van der Waals surface area contributed by atoms with Gasteiger partial charge in [-0.05, 0) is 48.5 Å². The number of aromatic nitrogens is 1. The molecule has 0 saturated carbocycles. The summed E-state index contributed by atoms with van der Waals surface area (Å²) in [6, 6.07) is 15.9. The number of rotatable bonds is 4. The van der Waals surface area contributed by atoms with E-state index in [1.807, 2.05) is 12.1 Å². The highest BCUT2D eigenvalue weighted by Crippen LogP contribution is 2.32. The van der Waals surface area contributed by atoms with Crippen LogP contribution < -0.4 is 20.1 Å². The number of nitrogens with zero attached hydrogens (tertiary/aromatic N) is 1. The third-order valence-electron chi connectivity index (χ3n) is 3.94. The molecular weight excluding hydrogens is 366 g/mol. The first-order valence-corrected chi connectivity index (χ1v) is 8.75. The number of fused-ring (bicyclic) bond motifs is 1. The van der Waals surface area contributed by atoms with Gasteiger partial charge in [-0.3, -0.25) is 4.79 Å². The predicted molar refractivity (Wildman–Crippen MR) is 104 cm³/mol. The van der Waals surface area contributed by atoms with Crippen LogP contribution in [0.1, 0.15) is 10.4 Å². The van der Waals surface area contributed by atoms with Gasteiger partial charge in [0.2, 0.25) is 0 Å². The molecule has 0 spiro atoms. The summed E-state index contributed by atoms with van der Waals surface area (Å²) < 4.78 is 11.0. The molecule has 1 aromatic heterocycles. The molecule has 4 rings (SSSR count). The van der Waals surface area contributed by atoms with E-state index in [1.165, 1.54) is 0 Å². The predicted octanol–water partition coefficient (Wildman–Crippen LogP) is 4.50. The zero-order valence-corrected chi connectivity index (χ0v) is 15.0. The molecule has 0 saturated heterocycles. The van der Waals surface area contributed by atoms with Crippen molar-refractivity contribution in [3.63, 3.8) is 0 Å². The van der Waals surface area contributed by atoms with Gasteiger partial charge in [-0.15, -0.1) is 0 Å². The molecule has 1 aliphatic heterocycles. The summed E-state index contributed by atoms with van der Waals surface area (Å²) in [5, 5.41) is 6.66. The molecule has 7 heteroatoms. The second-order valence-electron chi connectivity index (χ2n) is 5.87. The van der Waals surface area contributed by atoms with Crippen molar-refractivity contribution in [2.24, 2.45) is 0 Å². The lowest BCUT2D eigenvalue weighted by Crippen LogP contribution is -2.16. The van der Waals surface area contributed by atoms with E-state index in [1.54, 1.807) is 48.7 Å². The van der Waals surface area contributed by atoms with Crippen molar-refractivity contribution >= 4 is 34.7 Å². The third kappa shape index (κ3) is 4.12. The van der Waals surface area contributed by atoms with Gasteiger partial charge in [0, 0.05) is 34.2 Å². The number of hydrogen-bond acceptors (Lipinski definition) is 5. The molecule has 3 aromatic rings. The maximum absolute atomic E-state index is 12.6. The lowest BCUT2D eigenvalue weighted by molar-refractivity contribution is 0.102. The molecule has 0 fully saturated rings. The first-order valence-electron chi connectivity index (χ1n) is 8.37. The molecule has 2 N–H and O–H groups in total. The van der Waals surface area contributed by atoms with Crippen molar-refractivity contribution in [3.8, 4) is 11.5 Å². The molecular formula is C20H16ClN3O3. The molecule has 0 radical (unpaired) electrons. The Balaban J connectivity index is 1.48. The third-order valence-corrected chi connectivity index (χ3v) is 4.19. The molecule has 6 nitrogen and oxygen atoms in total. The van der Waals surface area contributed by atoms with Crippen molar-refractivity contribution in [2.45, 2.75) is 0 Å². The molecule has 136 valence electrons. The summed E-state index contributed by atoms with van der Waals surface area (Å²) in [7, 11) is 0. The van der Waals surface area contributed by atoms with E-state index in [9.17, 15) is 4.79 Å². The maximum atomic E-state index is 12.6. The fourth-order valence-corrected chi connectivity index (χ4v) is 2.77. The monoisotopic (exact) mass is 381 g/mol. The number of benzene rings is 2. The van der Waals surface area contributed by atoms with E-state index in [0.29, 0.717) is 46.8 Å². The SMILES string of the molecule is O=C(Nc1ccc2c(c1)OCCO2)c1ccnc(Nc2ccc(Cl)cc2)c1. The number of carbonyl (C=O) groups is 1. The average molecular weight is 382 g/mol. The van der Waals surface area contributed by atoms with Crippen LogP contribution >= 0.6 is 11.6 Å². The summed E-state index contributed by atoms with van der Waals surface area (Å²) in [4.78, 5) is 16.8. The van der Waals surface area contributed by atoms with Crippen LogP contribution in [-0.4, -0.2) is 24.1 Å². The second kappa shape index (κ2) is 7.55. The molecule has 27 heavy (non-hydrogen) atoms. The smallest absolute Gasteiger partial charge is 0.255 e. The summed E-state index contributed by atoms with van der Waals surface area (Å²) >= 11 is 5.89. The van der Waals surface area contributed by atoms with Gasteiger partial charge in [-0.25, -0.2) is 4.98 Å². The number of hydrogen-bond donors (Lipinski definition) is 2. The minimum Gasteiger partial charge on any atom is -0.486 e. The molecule has 0 atom stereocenters. The van der Waals surface area contributed by atoms with Gasteiger partial charge < -0.3 is 20.1 Å². The van der Waals surface area contributed by atoms with Crippen LogP contribution in [0.2, 0.25) is 5.02 Å². The molecule has 1 amide bonds. The zero-order chi connectivity index (χ0) is 18.6. The summed E-state index contributed by atoms with van der Waals surface area (Å²) in [5.74, 6) is 1.62. The van der Waals surface area contributed by atoms with E-state index >= 15 is 0 Å². The molecule has 2 heterocycles. The average Bonchev–Trinajstić information content (AvgIpc) is 2.70. The number of nitrogens with one attached hydrogen (secondary N) is 2. The molecule has 0 unspecified atom stereocenters. The Morgan fingerprint density at radius 1 is 0.926 bits per heavy atom. The lowest BCUT2D eigenvalue weighted by atomic mass is 10.2. The second-order valence-corrected chi connectivity index (χ2v) is 6.31. The number of pyridine rings is 1. The van der Waals surface area contributed by atoms with Gasteiger partial charge in [0.25, 0.3) is 5.91 Å². The van der Waals surface area contributed by atoms with E-state index in [-0.39, 0.29) is 5.91 Å². The first kappa shape index (κ1) is 17.2. The highest BCUT2D eigenvalue weighted by molar-refractivity contribution is 6.30. The Morgan fingerprint density at radius 2 is 1.67 bits per heavy atom. The topological polar surface area (TPSA) is 72.5 Å². The van der Waals surface area contributed by atoms with Gasteiger partial charge in [0.05, 0.1) is 0 Å². The number of ether oxygens (including phenoxy) is 2. The minimum absolute atomic E-state index is 0.242. The fraction of sp³-hybridized carbons (Fsp3) is 0.100. The lowest BCUT2D eigenvalue weighted by Gasteiger charge is -2.19. The Bertz CT molecular complexity index is 976. The van der Waals surface area contributed by atoms with Crippen molar-refractivity contribution in [2.75, 3.05) is 23.8 Å². The van der Waals surface area contributed by atoms with Crippen LogP contribution in [0.15, 0.2) is 60.8 Å². The van der Waals surface area contributed by atoms with Crippen LogP contribution in [0.5, 0.6) is 11.5 Å². The highest BCUT2D eigenvalue weighted by Gasteiger charge is 2.14. The maximum Gasteiger partial charge on any atom is 0.255 e. The van der Waals surface area contributed by atoms with Gasteiger partial charge in [-0.2, -0.15) is 0 Å². The highest BCUT2D eigenvalue weighted by atomic mass is 35.5. The van der Waals surface area contributed by atoms with E-state index < -0.39 is 0 Å². The van der Waals surface area contributed by atoms with Crippen molar-refractivity contribution < 1.29 is 14.3 Å². The molecule has 0 aliphatic carbocycles. The Morgan fingerprint density at radius 3 is 2.48 bits per heavy atom. The van der Waals surface area contributed by atoms with Gasteiger partial charge >= 0.3 is 0 Å². The van der Waals surface area contributed by atoms with Crippen LogP contribution in [-0.2, 0) is 0 Å². The van der Waals surface area contributed by atoms with E-state index in [2.05, 4.69) is 15.6 Å². The number of anilines is 3. The quantitative estimate of drug-likeness (QED) is 0.696. The van der Waals surface area contributed by atoms with Crippen LogP contribution in [0.25, 0.3) is 0 Å². The fourth-order valence-electron chi connectivity index (χ4n) is 2.65. The van der Waals surface area contributed by atoms with Crippen molar-refractivity contribution in [1.82, 2.24) is 4.98 Å². The van der Waals surface area contributed by atoms with E-state index in [4.69, 9.17) is 21.1 Å². The summed E-state index contributed by atoms with van der Waals surface area (Å²) in [6.07, 6.45) is 1.58. The Kier molecular flexibility index (Phi) is 4.80. The Labute approximate surface area is 161 Å². The number of carbonyl (C=O) groups excluding carboxylic acids is 1. The standard InChI is InChI=1S/C20H16ClN3O3/c21-14-1-3-15(4-2-14)23-19-11-13(7-8-22-19)20(25)24-16-5-6-17-18(12-16)27-10-9-26-17/h1-8,11-12H,9-10H2,(H,22,23)(H,24,25). The van der Waals surface area contributed by atoms with E-state index in [0.717, 1.165) is 5.69 Å². The largest absolute Gasteiger partial charge is 0.486 e. The molecule has 1 aliphatic rings. The number of halogens is 1. The number of amides is 1. The van der Waals surface area contributed by atoms with Crippen molar-refractivity contribution in [1.29, 1.82) is 0 Å². The minimum atomic E-state index is -0.242. The molecule has 2 aromatic carbocycles. The van der Waals surface area contributed by atoms with Crippen LogP contribution in [0, 0.1) is 0 Å². The normalized spacial score (nSPS) is 12.3. The van der Waals surface area contributed by atoms with Gasteiger partial charge in [0.15, 0.2) is 11.5 Å². The summed E-state index contributed by atoms with van der Waals surface area (Å²) in [5.41, 5.74) is 1.95. The Hall–Kier alpha value is -3.25. The molecule has 0 bridgehead atoms. The zero-order valence-electron chi connectivity index (χ0n) is 14.2. The van der Waals surface area contributed by atoms with Gasteiger partial charge in [-0.1, -0.05) is 11.6 Å².